The Kier molecular flexibility index (Phi) is 7.54. The van der Waals surface area contributed by atoms with E-state index in [0.29, 0.717) is 18.1 Å². The average Bonchev–Trinajstić information content (AvgIpc) is 2.64. The van der Waals surface area contributed by atoms with E-state index in [1.807, 2.05) is 26.8 Å². The lowest BCUT2D eigenvalue weighted by atomic mass is 10.2. The number of hydrogen-bond donors (Lipinski definition) is 1. The molecule has 8 nitrogen and oxygen atoms in total. The van der Waals surface area contributed by atoms with Crippen molar-refractivity contribution in [3.8, 4) is 11.5 Å². The molecule has 1 aromatic carbocycles. The highest BCUT2D eigenvalue weighted by Gasteiger charge is 2.15. The molecule has 0 radical (unpaired) electrons. The number of rotatable bonds is 9. The average molecular weight is 437 g/mol. The molecule has 1 atom stereocenters. The zero-order valence-electron chi connectivity index (χ0n) is 15.3. The van der Waals surface area contributed by atoms with Gasteiger partial charge in [0, 0.05) is 12.3 Å². The molecule has 2 rings (SSSR count). The van der Waals surface area contributed by atoms with Crippen LogP contribution in [-0.4, -0.2) is 28.8 Å². The van der Waals surface area contributed by atoms with Crippen LogP contribution >= 0.6 is 15.9 Å². The van der Waals surface area contributed by atoms with Crippen LogP contribution < -0.4 is 14.9 Å². The first kappa shape index (κ1) is 20.6. The van der Waals surface area contributed by atoms with Gasteiger partial charge in [-0.2, -0.15) is 5.10 Å². The molecule has 2 aromatic rings. The fourth-order valence-corrected chi connectivity index (χ4v) is 2.68. The third kappa shape index (κ3) is 5.65. The van der Waals surface area contributed by atoms with E-state index < -0.39 is 4.92 Å². The van der Waals surface area contributed by atoms with Gasteiger partial charge in [0.15, 0.2) is 11.5 Å². The van der Waals surface area contributed by atoms with E-state index in [9.17, 15) is 10.1 Å². The Bertz CT molecular complexity index is 829. The van der Waals surface area contributed by atoms with E-state index in [4.69, 9.17) is 9.47 Å². The van der Waals surface area contributed by atoms with Crippen LogP contribution in [0.4, 0.5) is 11.5 Å². The van der Waals surface area contributed by atoms with E-state index in [-0.39, 0.29) is 17.6 Å². The molecule has 144 valence electrons. The summed E-state index contributed by atoms with van der Waals surface area (Å²) in [5.74, 6) is 1.30. The Hall–Kier alpha value is -2.68. The number of halogens is 1. The summed E-state index contributed by atoms with van der Waals surface area (Å²) < 4.78 is 12.3. The predicted molar refractivity (Wildman–Crippen MR) is 108 cm³/mol. The number of anilines is 1. The van der Waals surface area contributed by atoms with Crippen molar-refractivity contribution in [2.75, 3.05) is 12.0 Å². The summed E-state index contributed by atoms with van der Waals surface area (Å²) >= 11 is 3.50. The Morgan fingerprint density at radius 1 is 1.44 bits per heavy atom. The molecule has 0 aliphatic rings. The predicted octanol–water partition coefficient (Wildman–Crippen LogP) is 4.77. The van der Waals surface area contributed by atoms with Gasteiger partial charge in [-0.1, -0.05) is 6.92 Å². The second kappa shape index (κ2) is 9.86. The highest BCUT2D eigenvalue weighted by atomic mass is 79.9. The lowest BCUT2D eigenvalue weighted by Gasteiger charge is -2.18. The highest BCUT2D eigenvalue weighted by Crippen LogP contribution is 2.37. The second-order valence-electron chi connectivity index (χ2n) is 5.60. The van der Waals surface area contributed by atoms with E-state index in [1.165, 1.54) is 24.5 Å². The van der Waals surface area contributed by atoms with Gasteiger partial charge in [0.2, 0.25) is 5.82 Å². The SMILES string of the molecule is CCOc1cc(/C=N\Nc2ncccc2[N+](=O)[O-])cc(Br)c1O[C@H](C)CC. The van der Waals surface area contributed by atoms with E-state index in [1.54, 1.807) is 6.07 Å². The largest absolute Gasteiger partial charge is 0.490 e. The summed E-state index contributed by atoms with van der Waals surface area (Å²) in [6.07, 6.45) is 3.90. The topological polar surface area (TPSA) is 98.9 Å². The molecule has 0 saturated heterocycles. The minimum absolute atomic E-state index is 0.0476. The molecule has 0 bridgehead atoms. The van der Waals surface area contributed by atoms with Crippen molar-refractivity contribution < 1.29 is 14.4 Å². The quantitative estimate of drug-likeness (QED) is 0.345. The Labute approximate surface area is 165 Å². The number of hydrazone groups is 1. The van der Waals surface area contributed by atoms with Crippen LogP contribution in [-0.2, 0) is 0 Å². The van der Waals surface area contributed by atoms with Gasteiger partial charge in [-0.15, -0.1) is 0 Å². The van der Waals surface area contributed by atoms with Crippen molar-refractivity contribution in [3.05, 3.63) is 50.6 Å². The highest BCUT2D eigenvalue weighted by molar-refractivity contribution is 9.10. The molecule has 27 heavy (non-hydrogen) atoms. The molecular formula is C18H21BrN4O4. The molecule has 1 aromatic heterocycles. The minimum Gasteiger partial charge on any atom is -0.490 e. The summed E-state index contributed by atoms with van der Waals surface area (Å²) in [7, 11) is 0. The van der Waals surface area contributed by atoms with Crippen LogP contribution in [0.2, 0.25) is 0 Å². The maximum absolute atomic E-state index is 11.0. The third-order valence-corrected chi connectivity index (χ3v) is 4.18. The first-order valence-corrected chi connectivity index (χ1v) is 9.27. The van der Waals surface area contributed by atoms with Crippen LogP contribution in [0.3, 0.4) is 0 Å². The maximum Gasteiger partial charge on any atom is 0.313 e. The first-order valence-electron chi connectivity index (χ1n) is 8.47. The van der Waals surface area contributed by atoms with Crippen LogP contribution in [0.5, 0.6) is 11.5 Å². The monoisotopic (exact) mass is 436 g/mol. The third-order valence-electron chi connectivity index (χ3n) is 3.59. The van der Waals surface area contributed by atoms with Crippen molar-refractivity contribution in [2.45, 2.75) is 33.3 Å². The molecule has 1 heterocycles. The van der Waals surface area contributed by atoms with Gasteiger partial charge in [-0.25, -0.2) is 4.98 Å². The smallest absolute Gasteiger partial charge is 0.313 e. The Balaban J connectivity index is 2.24. The van der Waals surface area contributed by atoms with Gasteiger partial charge < -0.3 is 9.47 Å². The minimum atomic E-state index is -0.518. The number of hydrogen-bond acceptors (Lipinski definition) is 7. The molecular weight excluding hydrogens is 416 g/mol. The van der Waals surface area contributed by atoms with E-state index in [2.05, 4.69) is 31.4 Å². The number of pyridine rings is 1. The maximum atomic E-state index is 11.0. The van der Waals surface area contributed by atoms with E-state index >= 15 is 0 Å². The van der Waals surface area contributed by atoms with Gasteiger partial charge >= 0.3 is 5.69 Å². The number of nitro groups is 1. The summed E-state index contributed by atoms with van der Waals surface area (Å²) in [5, 5.41) is 15.0. The molecule has 0 saturated carbocycles. The summed E-state index contributed by atoms with van der Waals surface area (Å²) in [4.78, 5) is 14.4. The normalized spacial score (nSPS) is 12.0. The zero-order chi connectivity index (χ0) is 19.8. The molecule has 1 N–H and O–H groups in total. The lowest BCUT2D eigenvalue weighted by Crippen LogP contribution is -2.11. The van der Waals surface area contributed by atoms with Crippen molar-refractivity contribution >= 4 is 33.6 Å². The van der Waals surface area contributed by atoms with Crippen LogP contribution in [0.1, 0.15) is 32.8 Å². The molecule has 0 fully saturated rings. The number of nitrogens with one attached hydrogen (secondary N) is 1. The zero-order valence-corrected chi connectivity index (χ0v) is 16.9. The van der Waals surface area contributed by atoms with E-state index in [0.717, 1.165) is 16.5 Å². The van der Waals surface area contributed by atoms with Gasteiger partial charge in [-0.3, -0.25) is 15.5 Å². The summed E-state index contributed by atoms with van der Waals surface area (Å²) in [5.41, 5.74) is 3.18. The van der Waals surface area contributed by atoms with Gasteiger partial charge in [0.25, 0.3) is 0 Å². The Morgan fingerprint density at radius 3 is 2.89 bits per heavy atom. The first-order chi connectivity index (χ1) is 13.0. The van der Waals surface area contributed by atoms with Crippen LogP contribution in [0.25, 0.3) is 0 Å². The summed E-state index contributed by atoms with van der Waals surface area (Å²) in [6.45, 7) is 6.41. The van der Waals surface area contributed by atoms with Gasteiger partial charge in [0.1, 0.15) is 0 Å². The fourth-order valence-electron chi connectivity index (χ4n) is 2.12. The lowest BCUT2D eigenvalue weighted by molar-refractivity contribution is -0.384. The molecule has 0 unspecified atom stereocenters. The van der Waals surface area contributed by atoms with Crippen molar-refractivity contribution in [2.24, 2.45) is 5.10 Å². The molecule has 0 aliphatic heterocycles. The van der Waals surface area contributed by atoms with Crippen molar-refractivity contribution in [1.82, 2.24) is 4.98 Å². The number of benzene rings is 1. The molecule has 0 amide bonds. The second-order valence-corrected chi connectivity index (χ2v) is 6.45. The Morgan fingerprint density at radius 2 is 2.22 bits per heavy atom. The van der Waals surface area contributed by atoms with Crippen LogP contribution in [0, 0.1) is 10.1 Å². The number of ether oxygens (including phenoxy) is 2. The summed E-state index contributed by atoms with van der Waals surface area (Å²) in [6, 6.07) is 6.48. The standard InChI is InChI=1S/C18H21BrN4O4/c1-4-12(3)27-17-14(19)9-13(10-16(17)26-5-2)11-21-22-18-15(23(24)25)7-6-8-20-18/h6-12H,4-5H2,1-3H3,(H,20,22)/b21-11-/t12-/m1/s1. The molecule has 0 spiro atoms. The van der Waals surface area contributed by atoms with Gasteiger partial charge in [0.05, 0.1) is 28.3 Å². The van der Waals surface area contributed by atoms with Crippen LogP contribution in [0.15, 0.2) is 40.0 Å². The number of nitrogens with zero attached hydrogens (tertiary/aromatic N) is 3. The van der Waals surface area contributed by atoms with Crippen molar-refractivity contribution in [3.63, 3.8) is 0 Å². The molecule has 9 heteroatoms. The van der Waals surface area contributed by atoms with Crippen molar-refractivity contribution in [1.29, 1.82) is 0 Å². The van der Waals surface area contributed by atoms with Gasteiger partial charge in [-0.05, 0) is 60.0 Å². The molecule has 0 aliphatic carbocycles. The number of aromatic nitrogens is 1. The fraction of sp³-hybridized carbons (Fsp3) is 0.333.